The van der Waals surface area contributed by atoms with Gasteiger partial charge in [-0.2, -0.15) is 4.98 Å². The number of H-pyrrole nitrogens is 1. The van der Waals surface area contributed by atoms with Gasteiger partial charge in [0.15, 0.2) is 5.65 Å². The fourth-order valence-electron chi connectivity index (χ4n) is 1.61. The number of hydrazine groups is 1. The molecule has 7 heteroatoms. The summed E-state index contributed by atoms with van der Waals surface area (Å²) in [5.41, 5.74) is 4.04. The summed E-state index contributed by atoms with van der Waals surface area (Å²) in [7, 11) is 0. The van der Waals surface area contributed by atoms with Crippen molar-refractivity contribution >= 4 is 28.0 Å². The third kappa shape index (κ3) is 1.18. The molecule has 3 rings (SSSR count). The molecule has 0 spiro atoms. The lowest BCUT2D eigenvalue weighted by Gasteiger charge is -1.94. The fourth-order valence-corrected chi connectivity index (χ4v) is 1.61. The van der Waals surface area contributed by atoms with Crippen LogP contribution in [0.4, 0.5) is 10.3 Å². The zero-order valence-corrected chi connectivity index (χ0v) is 8.03. The Bertz CT molecular complexity index is 676. The second-order valence-corrected chi connectivity index (χ2v) is 3.29. The van der Waals surface area contributed by atoms with E-state index in [9.17, 15) is 4.39 Å². The number of hydrogen-bond donors (Lipinski definition) is 3. The van der Waals surface area contributed by atoms with Crippen molar-refractivity contribution < 1.29 is 4.39 Å². The maximum atomic E-state index is 13.0. The molecule has 1 aromatic carbocycles. The van der Waals surface area contributed by atoms with E-state index in [0.717, 1.165) is 5.39 Å². The number of aromatic amines is 1. The first kappa shape index (κ1) is 8.98. The van der Waals surface area contributed by atoms with Gasteiger partial charge in [0.25, 0.3) is 5.95 Å². The third-order valence-corrected chi connectivity index (χ3v) is 2.31. The molecule has 80 valence electrons. The predicted octanol–water partition coefficient (Wildman–Crippen LogP) is 0.931. The number of nitrogen functional groups attached to an aromatic ring is 1. The van der Waals surface area contributed by atoms with Gasteiger partial charge in [-0.3, -0.25) is 5.43 Å². The maximum Gasteiger partial charge on any atom is 0.258 e. The van der Waals surface area contributed by atoms with Crippen molar-refractivity contribution in [3.05, 3.63) is 24.0 Å². The SMILES string of the molecule is NNc1nnc2c(n1)[nH]c1cc(F)ccc12. The Balaban J connectivity index is 2.40. The van der Waals surface area contributed by atoms with Crippen LogP contribution in [0.5, 0.6) is 0 Å². The highest BCUT2D eigenvalue weighted by atomic mass is 19.1. The average molecular weight is 218 g/mol. The van der Waals surface area contributed by atoms with E-state index in [1.807, 2.05) is 0 Å². The molecule has 16 heavy (non-hydrogen) atoms. The monoisotopic (exact) mass is 218 g/mol. The molecule has 2 aromatic heterocycles. The molecular weight excluding hydrogens is 211 g/mol. The minimum absolute atomic E-state index is 0.208. The number of fused-ring (bicyclic) bond motifs is 3. The van der Waals surface area contributed by atoms with Crippen molar-refractivity contribution in [2.24, 2.45) is 5.84 Å². The number of halogens is 1. The van der Waals surface area contributed by atoms with Crippen LogP contribution in [0.1, 0.15) is 0 Å². The lowest BCUT2D eigenvalue weighted by molar-refractivity contribution is 0.629. The number of aromatic nitrogens is 4. The number of benzene rings is 1. The van der Waals surface area contributed by atoms with Crippen molar-refractivity contribution in [2.75, 3.05) is 5.43 Å². The Hall–Kier alpha value is -2.28. The van der Waals surface area contributed by atoms with Crippen LogP contribution in [0, 0.1) is 5.82 Å². The van der Waals surface area contributed by atoms with Gasteiger partial charge in [-0.05, 0) is 18.2 Å². The lowest BCUT2D eigenvalue weighted by Crippen LogP contribution is -2.10. The molecule has 0 atom stereocenters. The Morgan fingerprint density at radius 3 is 3.00 bits per heavy atom. The molecular formula is C9H7FN6. The molecule has 0 bridgehead atoms. The van der Waals surface area contributed by atoms with Gasteiger partial charge in [0.2, 0.25) is 0 Å². The number of nitrogens with zero attached hydrogens (tertiary/aromatic N) is 3. The summed E-state index contributed by atoms with van der Waals surface area (Å²) in [6, 6.07) is 4.38. The second-order valence-electron chi connectivity index (χ2n) is 3.29. The fraction of sp³-hybridized carbons (Fsp3) is 0. The summed E-state index contributed by atoms with van der Waals surface area (Å²) in [4.78, 5) is 7.02. The number of hydrogen-bond acceptors (Lipinski definition) is 5. The molecule has 0 fully saturated rings. The molecule has 6 nitrogen and oxygen atoms in total. The lowest BCUT2D eigenvalue weighted by atomic mass is 10.2. The molecule has 4 N–H and O–H groups in total. The summed E-state index contributed by atoms with van der Waals surface area (Å²) in [6.45, 7) is 0. The summed E-state index contributed by atoms with van der Waals surface area (Å²) >= 11 is 0. The molecule has 0 aliphatic carbocycles. The van der Waals surface area contributed by atoms with Crippen LogP contribution in [0.15, 0.2) is 18.2 Å². The molecule has 0 unspecified atom stereocenters. The van der Waals surface area contributed by atoms with E-state index in [0.29, 0.717) is 16.7 Å². The first-order valence-corrected chi connectivity index (χ1v) is 4.56. The molecule has 0 aliphatic rings. The number of nitrogens with one attached hydrogen (secondary N) is 2. The van der Waals surface area contributed by atoms with Crippen molar-refractivity contribution in [1.82, 2.24) is 20.2 Å². The normalized spacial score (nSPS) is 11.1. The van der Waals surface area contributed by atoms with Crippen LogP contribution in [-0.4, -0.2) is 20.2 Å². The zero-order chi connectivity index (χ0) is 11.1. The van der Waals surface area contributed by atoms with E-state index in [1.54, 1.807) is 6.07 Å². The van der Waals surface area contributed by atoms with Gasteiger partial charge in [0.1, 0.15) is 11.3 Å². The van der Waals surface area contributed by atoms with Crippen LogP contribution in [0.3, 0.4) is 0 Å². The van der Waals surface area contributed by atoms with Gasteiger partial charge in [-0.1, -0.05) is 0 Å². The van der Waals surface area contributed by atoms with Crippen LogP contribution < -0.4 is 11.3 Å². The summed E-state index contributed by atoms with van der Waals surface area (Å²) < 4.78 is 13.0. The topological polar surface area (TPSA) is 92.5 Å². The van der Waals surface area contributed by atoms with Crippen molar-refractivity contribution in [3.63, 3.8) is 0 Å². The smallest absolute Gasteiger partial charge is 0.258 e. The van der Waals surface area contributed by atoms with Gasteiger partial charge in [0.05, 0.1) is 5.52 Å². The highest BCUT2D eigenvalue weighted by molar-refractivity contribution is 6.03. The van der Waals surface area contributed by atoms with Crippen LogP contribution in [0.2, 0.25) is 0 Å². The van der Waals surface area contributed by atoms with E-state index < -0.39 is 0 Å². The van der Waals surface area contributed by atoms with E-state index in [4.69, 9.17) is 5.84 Å². The van der Waals surface area contributed by atoms with Gasteiger partial charge in [-0.25, -0.2) is 10.2 Å². The van der Waals surface area contributed by atoms with Gasteiger partial charge >= 0.3 is 0 Å². The van der Waals surface area contributed by atoms with Gasteiger partial charge in [0, 0.05) is 5.39 Å². The summed E-state index contributed by atoms with van der Waals surface area (Å²) in [6.07, 6.45) is 0. The van der Waals surface area contributed by atoms with E-state index in [-0.39, 0.29) is 11.8 Å². The number of nitrogens with two attached hydrogens (primary N) is 1. The summed E-state index contributed by atoms with van der Waals surface area (Å²) in [5, 5.41) is 8.50. The Morgan fingerprint density at radius 1 is 1.31 bits per heavy atom. The predicted molar refractivity (Wildman–Crippen MR) is 57.0 cm³/mol. The average Bonchev–Trinajstić information content (AvgIpc) is 2.64. The molecule has 0 amide bonds. The summed E-state index contributed by atoms with van der Waals surface area (Å²) in [5.74, 6) is 5.06. The molecule has 0 saturated carbocycles. The highest BCUT2D eigenvalue weighted by Crippen LogP contribution is 2.22. The number of rotatable bonds is 1. The quantitative estimate of drug-likeness (QED) is 0.417. The minimum atomic E-state index is -0.316. The Morgan fingerprint density at radius 2 is 2.19 bits per heavy atom. The second kappa shape index (κ2) is 3.11. The van der Waals surface area contributed by atoms with Crippen molar-refractivity contribution in [1.29, 1.82) is 0 Å². The van der Waals surface area contributed by atoms with Crippen LogP contribution in [-0.2, 0) is 0 Å². The van der Waals surface area contributed by atoms with Gasteiger partial charge in [-0.15, -0.1) is 10.2 Å². The van der Waals surface area contributed by atoms with E-state index >= 15 is 0 Å². The van der Waals surface area contributed by atoms with Crippen LogP contribution >= 0.6 is 0 Å². The van der Waals surface area contributed by atoms with Gasteiger partial charge < -0.3 is 4.98 Å². The van der Waals surface area contributed by atoms with Crippen LogP contribution in [0.25, 0.3) is 22.1 Å². The standard InChI is InChI=1S/C9H7FN6/c10-4-1-2-5-6(3-4)12-8-7(5)15-16-9(13-8)14-11/h1-3H,11H2,(H2,12,13,14,16). The maximum absolute atomic E-state index is 13.0. The molecule has 0 radical (unpaired) electrons. The zero-order valence-electron chi connectivity index (χ0n) is 8.03. The molecule has 3 aromatic rings. The molecule has 0 saturated heterocycles. The Kier molecular flexibility index (Phi) is 1.74. The van der Waals surface area contributed by atoms with Crippen molar-refractivity contribution in [2.45, 2.75) is 0 Å². The molecule has 0 aliphatic heterocycles. The highest BCUT2D eigenvalue weighted by Gasteiger charge is 2.08. The first-order chi connectivity index (χ1) is 7.78. The van der Waals surface area contributed by atoms with Crippen molar-refractivity contribution in [3.8, 4) is 0 Å². The van der Waals surface area contributed by atoms with E-state index in [1.165, 1.54) is 12.1 Å². The third-order valence-electron chi connectivity index (χ3n) is 2.31. The minimum Gasteiger partial charge on any atom is -0.338 e. The first-order valence-electron chi connectivity index (χ1n) is 4.56. The Labute approximate surface area is 88.7 Å². The van der Waals surface area contributed by atoms with E-state index in [2.05, 4.69) is 25.6 Å². The number of anilines is 1. The molecule has 2 heterocycles. The largest absolute Gasteiger partial charge is 0.338 e.